The number of sulfonamides is 1. The summed E-state index contributed by atoms with van der Waals surface area (Å²) in [7, 11) is -3.99. The Bertz CT molecular complexity index is 875. The number of aryl methyl sites for hydroxylation is 2. The second-order valence-electron chi connectivity index (χ2n) is 5.46. The molecule has 1 unspecified atom stereocenters. The number of rotatable bonds is 6. The Hall–Kier alpha value is -1.97. The second kappa shape index (κ2) is 6.88. The molecule has 1 aromatic carbocycles. The van der Waals surface area contributed by atoms with Gasteiger partial charge in [-0.2, -0.15) is 0 Å². The zero-order valence-corrected chi connectivity index (χ0v) is 15.2. The molecule has 0 bridgehead atoms. The van der Waals surface area contributed by atoms with Crippen molar-refractivity contribution in [2.45, 2.75) is 38.1 Å². The Kier molecular flexibility index (Phi) is 5.26. The van der Waals surface area contributed by atoms with E-state index in [0.29, 0.717) is 0 Å². The number of primary sulfonamides is 1. The number of anilines is 1. The molecule has 0 aliphatic carbocycles. The summed E-state index contributed by atoms with van der Waals surface area (Å²) < 4.78 is 22.7. The van der Waals surface area contributed by atoms with Gasteiger partial charge in [0.15, 0.2) is 0 Å². The summed E-state index contributed by atoms with van der Waals surface area (Å²) in [4.78, 5) is 12.7. The van der Waals surface area contributed by atoms with Gasteiger partial charge in [-0.1, -0.05) is 6.92 Å². The van der Waals surface area contributed by atoms with Gasteiger partial charge in [0, 0.05) is 15.8 Å². The van der Waals surface area contributed by atoms with Crippen molar-refractivity contribution in [3.05, 3.63) is 49.7 Å². The molecule has 0 aliphatic heterocycles. The van der Waals surface area contributed by atoms with E-state index in [-0.39, 0.29) is 22.3 Å². The van der Waals surface area contributed by atoms with Crippen LogP contribution in [0.15, 0.2) is 29.2 Å². The van der Waals surface area contributed by atoms with Crippen molar-refractivity contribution in [1.29, 1.82) is 0 Å². The Morgan fingerprint density at radius 3 is 2.54 bits per heavy atom. The number of hydrogen-bond donors (Lipinski definition) is 2. The van der Waals surface area contributed by atoms with Crippen LogP contribution in [0.1, 0.15) is 35.2 Å². The molecule has 7 nitrogen and oxygen atoms in total. The lowest BCUT2D eigenvalue weighted by Gasteiger charge is -2.14. The fourth-order valence-corrected chi connectivity index (χ4v) is 4.03. The number of nitrogens with one attached hydrogen (secondary N) is 1. The van der Waals surface area contributed by atoms with Crippen LogP contribution in [0.4, 0.5) is 11.4 Å². The molecule has 2 rings (SSSR count). The van der Waals surface area contributed by atoms with Crippen molar-refractivity contribution in [3.63, 3.8) is 0 Å². The minimum atomic E-state index is -3.99. The largest absolute Gasteiger partial charge is 0.372 e. The van der Waals surface area contributed by atoms with Gasteiger partial charge in [-0.05, 0) is 44.0 Å². The molecule has 0 saturated carbocycles. The third-order valence-corrected chi connectivity index (χ3v) is 6.13. The summed E-state index contributed by atoms with van der Waals surface area (Å²) in [6, 6.07) is 5.52. The highest BCUT2D eigenvalue weighted by Gasteiger charge is 2.21. The molecule has 1 heterocycles. The summed E-state index contributed by atoms with van der Waals surface area (Å²) >= 11 is 1.66. The number of nitrogens with two attached hydrogens (primary N) is 1. The zero-order chi connectivity index (χ0) is 18.1. The monoisotopic (exact) mass is 369 g/mol. The Balaban J connectivity index is 2.36. The average molecular weight is 369 g/mol. The van der Waals surface area contributed by atoms with Crippen molar-refractivity contribution in [2.24, 2.45) is 5.14 Å². The van der Waals surface area contributed by atoms with Crippen molar-refractivity contribution in [3.8, 4) is 0 Å². The molecule has 0 amide bonds. The van der Waals surface area contributed by atoms with E-state index < -0.39 is 14.9 Å². The smallest absolute Gasteiger partial charge is 0.293 e. The van der Waals surface area contributed by atoms with Gasteiger partial charge < -0.3 is 5.32 Å². The first-order chi connectivity index (χ1) is 11.1. The first-order valence-electron chi connectivity index (χ1n) is 7.30. The van der Waals surface area contributed by atoms with E-state index >= 15 is 0 Å². The van der Waals surface area contributed by atoms with Crippen LogP contribution in [0.25, 0.3) is 0 Å². The number of hydrogen-bond acceptors (Lipinski definition) is 6. The number of benzene rings is 1. The van der Waals surface area contributed by atoms with Gasteiger partial charge >= 0.3 is 0 Å². The van der Waals surface area contributed by atoms with Crippen molar-refractivity contribution in [1.82, 2.24) is 0 Å². The molecular weight excluding hydrogens is 350 g/mol. The van der Waals surface area contributed by atoms with Crippen LogP contribution in [0.2, 0.25) is 0 Å². The molecule has 130 valence electrons. The third kappa shape index (κ3) is 3.92. The SMILES string of the molecule is CCc1sc(C(C)Nc2ccc(S(N)(=O)=O)cc2[N+](=O)[O-])cc1C. The van der Waals surface area contributed by atoms with Gasteiger partial charge in [-0.25, -0.2) is 13.6 Å². The summed E-state index contributed by atoms with van der Waals surface area (Å²) in [5.41, 5.74) is 1.13. The van der Waals surface area contributed by atoms with E-state index in [9.17, 15) is 18.5 Å². The maximum Gasteiger partial charge on any atom is 0.293 e. The van der Waals surface area contributed by atoms with Crippen LogP contribution in [-0.2, 0) is 16.4 Å². The van der Waals surface area contributed by atoms with E-state index in [1.54, 1.807) is 11.3 Å². The van der Waals surface area contributed by atoms with Gasteiger partial charge in [0.05, 0.1) is 15.9 Å². The summed E-state index contributed by atoms with van der Waals surface area (Å²) in [5, 5.41) is 19.4. The maximum atomic E-state index is 11.4. The highest BCUT2D eigenvalue weighted by molar-refractivity contribution is 7.89. The standard InChI is InChI=1S/C15H19N3O4S2/c1-4-14-9(2)7-15(23-14)10(3)17-12-6-5-11(24(16,21)22)8-13(12)18(19)20/h5-8,10,17H,4H2,1-3H3,(H2,16,21,22). The van der Waals surface area contributed by atoms with Crippen molar-refractivity contribution < 1.29 is 13.3 Å². The number of nitro benzene ring substituents is 1. The van der Waals surface area contributed by atoms with Crippen LogP contribution in [0, 0.1) is 17.0 Å². The highest BCUT2D eigenvalue weighted by atomic mass is 32.2. The van der Waals surface area contributed by atoms with Crippen LogP contribution in [-0.4, -0.2) is 13.3 Å². The van der Waals surface area contributed by atoms with Gasteiger partial charge in [-0.3, -0.25) is 10.1 Å². The lowest BCUT2D eigenvalue weighted by Crippen LogP contribution is -2.13. The first kappa shape index (κ1) is 18.4. The van der Waals surface area contributed by atoms with Gasteiger partial charge in [-0.15, -0.1) is 11.3 Å². The molecule has 0 spiro atoms. The minimum Gasteiger partial charge on any atom is -0.372 e. The molecule has 2 aromatic rings. The topological polar surface area (TPSA) is 115 Å². The predicted molar refractivity (Wildman–Crippen MR) is 94.9 cm³/mol. The molecule has 0 saturated heterocycles. The quantitative estimate of drug-likeness (QED) is 0.598. The molecule has 1 atom stereocenters. The molecule has 24 heavy (non-hydrogen) atoms. The van der Waals surface area contributed by atoms with Crippen LogP contribution in [0.5, 0.6) is 0 Å². The van der Waals surface area contributed by atoms with Gasteiger partial charge in [0.1, 0.15) is 5.69 Å². The third-order valence-electron chi connectivity index (χ3n) is 3.65. The van der Waals surface area contributed by atoms with E-state index in [1.807, 2.05) is 13.8 Å². The summed E-state index contributed by atoms with van der Waals surface area (Å²) in [5.74, 6) is 0. The Morgan fingerprint density at radius 2 is 2.04 bits per heavy atom. The Labute approximate surface area is 144 Å². The molecule has 9 heteroatoms. The van der Waals surface area contributed by atoms with E-state index in [1.165, 1.54) is 22.6 Å². The first-order valence-corrected chi connectivity index (χ1v) is 9.66. The zero-order valence-electron chi connectivity index (χ0n) is 13.6. The van der Waals surface area contributed by atoms with Crippen LogP contribution >= 0.6 is 11.3 Å². The number of thiophene rings is 1. The predicted octanol–water partition coefficient (Wildman–Crippen LogP) is 3.35. The van der Waals surface area contributed by atoms with E-state index in [0.717, 1.165) is 17.4 Å². The minimum absolute atomic E-state index is 0.145. The summed E-state index contributed by atoms with van der Waals surface area (Å²) in [6.45, 7) is 6.02. The van der Waals surface area contributed by atoms with Crippen molar-refractivity contribution >= 4 is 32.7 Å². The lowest BCUT2D eigenvalue weighted by molar-refractivity contribution is -0.384. The normalized spacial score (nSPS) is 12.8. The van der Waals surface area contributed by atoms with Crippen molar-refractivity contribution in [2.75, 3.05) is 5.32 Å². The second-order valence-corrected chi connectivity index (χ2v) is 8.19. The fourth-order valence-electron chi connectivity index (χ4n) is 2.38. The number of nitrogens with zero attached hydrogens (tertiary/aromatic N) is 1. The van der Waals surface area contributed by atoms with E-state index in [4.69, 9.17) is 5.14 Å². The summed E-state index contributed by atoms with van der Waals surface area (Å²) in [6.07, 6.45) is 0.937. The fraction of sp³-hybridized carbons (Fsp3) is 0.333. The number of nitro groups is 1. The molecule has 3 N–H and O–H groups in total. The molecule has 0 fully saturated rings. The van der Waals surface area contributed by atoms with Crippen LogP contribution in [0.3, 0.4) is 0 Å². The Morgan fingerprint density at radius 1 is 1.38 bits per heavy atom. The average Bonchev–Trinajstić information content (AvgIpc) is 2.87. The van der Waals surface area contributed by atoms with Crippen LogP contribution < -0.4 is 10.5 Å². The maximum absolute atomic E-state index is 11.4. The van der Waals surface area contributed by atoms with Gasteiger partial charge in [0.2, 0.25) is 10.0 Å². The van der Waals surface area contributed by atoms with Gasteiger partial charge in [0.25, 0.3) is 5.69 Å². The molecule has 0 radical (unpaired) electrons. The molecule has 0 aliphatic rings. The molecular formula is C15H19N3O4S2. The molecule has 1 aromatic heterocycles. The lowest BCUT2D eigenvalue weighted by atomic mass is 10.2. The highest BCUT2D eigenvalue weighted by Crippen LogP contribution is 2.33. The van der Waals surface area contributed by atoms with E-state index in [2.05, 4.69) is 18.3 Å².